The molecule has 0 aliphatic rings. The Hall–Kier alpha value is -4.32. The van der Waals surface area contributed by atoms with Crippen molar-refractivity contribution < 1.29 is 14.3 Å². The van der Waals surface area contributed by atoms with Crippen LogP contribution in [-0.2, 0) is 24.1 Å². The molecule has 1 N–H and O–H groups in total. The van der Waals surface area contributed by atoms with Crippen LogP contribution in [0.2, 0.25) is 0 Å². The lowest BCUT2D eigenvalue weighted by Gasteiger charge is -2.10. The number of benzene rings is 3. The van der Waals surface area contributed by atoms with Gasteiger partial charge in [0.15, 0.2) is 5.65 Å². The summed E-state index contributed by atoms with van der Waals surface area (Å²) in [7, 11) is 0. The fourth-order valence-corrected chi connectivity index (χ4v) is 4.15. The minimum absolute atomic E-state index is 0.180. The Morgan fingerprint density at radius 1 is 0.824 bits per heavy atom. The Bertz CT molecular complexity index is 1460. The zero-order valence-electron chi connectivity index (χ0n) is 18.4. The van der Waals surface area contributed by atoms with Gasteiger partial charge < -0.3 is 5.11 Å². The highest BCUT2D eigenvalue weighted by molar-refractivity contribution is 5.71. The van der Waals surface area contributed by atoms with Gasteiger partial charge in [-0.2, -0.15) is 0 Å². The number of aliphatic carboxylic acids is 1. The number of aromatic nitrogens is 3. The molecule has 0 spiro atoms. The number of halogens is 1. The lowest BCUT2D eigenvalue weighted by Crippen LogP contribution is -2.08. The second-order valence-electron chi connectivity index (χ2n) is 8.14. The number of carbonyl (C=O) groups is 1. The van der Waals surface area contributed by atoms with Gasteiger partial charge in [-0.25, -0.2) is 14.4 Å². The summed E-state index contributed by atoms with van der Waals surface area (Å²) in [5.41, 5.74) is 5.52. The second-order valence-corrected chi connectivity index (χ2v) is 8.14. The number of hydrogen-bond acceptors (Lipinski definition) is 3. The largest absolute Gasteiger partial charge is 0.481 e. The number of imidazole rings is 1. The molecule has 0 amide bonds. The molecule has 0 radical (unpaired) electrons. The van der Waals surface area contributed by atoms with Gasteiger partial charge in [0.1, 0.15) is 5.82 Å². The zero-order valence-corrected chi connectivity index (χ0v) is 18.4. The highest BCUT2D eigenvalue weighted by Crippen LogP contribution is 2.26. The van der Waals surface area contributed by atoms with Crippen LogP contribution in [0.15, 0.2) is 91.1 Å². The summed E-state index contributed by atoms with van der Waals surface area (Å²) in [6, 6.07) is 26.1. The SMILES string of the molecule is O=C(O)Cc1c(Cc2ccccc2)nc2c(Cc3ccccc3F)nc(-c3ccccc3)cn12. The Balaban J connectivity index is 1.72. The molecular formula is C28H22FN3O2. The van der Waals surface area contributed by atoms with E-state index in [9.17, 15) is 14.3 Å². The molecule has 0 aliphatic carbocycles. The van der Waals surface area contributed by atoms with Gasteiger partial charge in [0.25, 0.3) is 0 Å². The van der Waals surface area contributed by atoms with E-state index in [-0.39, 0.29) is 18.7 Å². The van der Waals surface area contributed by atoms with E-state index in [1.54, 1.807) is 18.2 Å². The minimum atomic E-state index is -0.940. The fraction of sp³-hybridized carbons (Fsp3) is 0.107. The Kier molecular flexibility index (Phi) is 5.87. The first-order valence-corrected chi connectivity index (χ1v) is 11.0. The number of carboxylic acids is 1. The van der Waals surface area contributed by atoms with Crippen molar-refractivity contribution in [3.8, 4) is 11.3 Å². The molecule has 2 heterocycles. The molecule has 3 aromatic carbocycles. The predicted molar refractivity (Wildman–Crippen MR) is 128 cm³/mol. The van der Waals surface area contributed by atoms with Crippen molar-refractivity contribution >= 4 is 11.6 Å². The summed E-state index contributed by atoms with van der Waals surface area (Å²) in [5, 5.41) is 9.66. The van der Waals surface area contributed by atoms with E-state index in [0.29, 0.717) is 40.4 Å². The van der Waals surface area contributed by atoms with Crippen LogP contribution < -0.4 is 0 Å². The van der Waals surface area contributed by atoms with E-state index < -0.39 is 5.97 Å². The van der Waals surface area contributed by atoms with Crippen LogP contribution >= 0.6 is 0 Å². The van der Waals surface area contributed by atoms with Gasteiger partial charge in [0.05, 0.1) is 29.2 Å². The molecule has 34 heavy (non-hydrogen) atoms. The normalized spacial score (nSPS) is 11.1. The van der Waals surface area contributed by atoms with E-state index in [2.05, 4.69) is 0 Å². The second kappa shape index (κ2) is 9.27. The van der Waals surface area contributed by atoms with Crippen LogP contribution in [0.1, 0.15) is 28.2 Å². The molecule has 0 bridgehead atoms. The molecule has 5 nitrogen and oxygen atoms in total. The van der Waals surface area contributed by atoms with Crippen molar-refractivity contribution in [2.75, 3.05) is 0 Å². The Morgan fingerprint density at radius 2 is 1.50 bits per heavy atom. The van der Waals surface area contributed by atoms with E-state index >= 15 is 0 Å². The van der Waals surface area contributed by atoms with Gasteiger partial charge in [0, 0.05) is 24.6 Å². The molecule has 6 heteroatoms. The van der Waals surface area contributed by atoms with Crippen LogP contribution in [0, 0.1) is 5.82 Å². The van der Waals surface area contributed by atoms with Gasteiger partial charge >= 0.3 is 5.97 Å². The van der Waals surface area contributed by atoms with Crippen molar-refractivity contribution in [1.29, 1.82) is 0 Å². The van der Waals surface area contributed by atoms with E-state index in [0.717, 1.165) is 11.1 Å². The third-order valence-electron chi connectivity index (χ3n) is 5.78. The monoisotopic (exact) mass is 451 g/mol. The quantitative estimate of drug-likeness (QED) is 0.363. The molecule has 5 rings (SSSR count). The number of carboxylic acid groups (broad SMARTS) is 1. The molecule has 5 aromatic rings. The summed E-state index contributed by atoms with van der Waals surface area (Å²) in [5.74, 6) is -1.25. The first-order chi connectivity index (χ1) is 16.6. The van der Waals surface area contributed by atoms with Crippen LogP contribution in [0.25, 0.3) is 16.9 Å². The van der Waals surface area contributed by atoms with Crippen molar-refractivity contribution in [1.82, 2.24) is 14.4 Å². The van der Waals surface area contributed by atoms with E-state index in [1.165, 1.54) is 6.07 Å². The van der Waals surface area contributed by atoms with Gasteiger partial charge in [-0.15, -0.1) is 0 Å². The zero-order chi connectivity index (χ0) is 23.5. The van der Waals surface area contributed by atoms with Crippen LogP contribution in [0.3, 0.4) is 0 Å². The van der Waals surface area contributed by atoms with Crippen LogP contribution in [0.5, 0.6) is 0 Å². The Labute approximate surface area is 196 Å². The van der Waals surface area contributed by atoms with Crippen molar-refractivity contribution in [3.05, 3.63) is 125 Å². The van der Waals surface area contributed by atoms with E-state index in [4.69, 9.17) is 9.97 Å². The minimum Gasteiger partial charge on any atom is -0.481 e. The highest BCUT2D eigenvalue weighted by Gasteiger charge is 2.20. The molecule has 0 atom stereocenters. The third-order valence-corrected chi connectivity index (χ3v) is 5.78. The summed E-state index contributed by atoms with van der Waals surface area (Å²) in [6.45, 7) is 0. The lowest BCUT2D eigenvalue weighted by atomic mass is 10.1. The molecule has 0 aliphatic heterocycles. The summed E-state index contributed by atoms with van der Waals surface area (Å²) >= 11 is 0. The van der Waals surface area contributed by atoms with E-state index in [1.807, 2.05) is 71.3 Å². The lowest BCUT2D eigenvalue weighted by molar-refractivity contribution is -0.136. The maximum absolute atomic E-state index is 14.5. The fourth-order valence-electron chi connectivity index (χ4n) is 4.15. The topological polar surface area (TPSA) is 67.5 Å². The molecule has 2 aromatic heterocycles. The molecule has 168 valence electrons. The standard InChI is InChI=1S/C28H22FN3O2/c29-22-14-8-7-13-21(22)16-24-28-31-23(15-19-9-3-1-4-10-19)26(17-27(33)34)32(28)18-25(30-24)20-11-5-2-6-12-20/h1-14,18H,15-17H2,(H,33,34). The number of hydrogen-bond donors (Lipinski definition) is 1. The maximum atomic E-state index is 14.5. The third kappa shape index (κ3) is 4.43. The summed E-state index contributed by atoms with van der Waals surface area (Å²) < 4.78 is 16.3. The molecule has 0 unspecified atom stereocenters. The smallest absolute Gasteiger partial charge is 0.309 e. The molecule has 0 saturated carbocycles. The summed E-state index contributed by atoms with van der Waals surface area (Å²) in [4.78, 5) is 21.5. The highest BCUT2D eigenvalue weighted by atomic mass is 19.1. The Morgan fingerprint density at radius 3 is 2.21 bits per heavy atom. The predicted octanol–water partition coefficient (Wildman–Crippen LogP) is 5.34. The maximum Gasteiger partial charge on any atom is 0.309 e. The van der Waals surface area contributed by atoms with Gasteiger partial charge in [0.2, 0.25) is 0 Å². The van der Waals surface area contributed by atoms with Crippen molar-refractivity contribution in [2.24, 2.45) is 0 Å². The van der Waals surface area contributed by atoms with Crippen LogP contribution in [0.4, 0.5) is 4.39 Å². The van der Waals surface area contributed by atoms with Gasteiger partial charge in [-0.05, 0) is 17.2 Å². The van der Waals surface area contributed by atoms with Crippen molar-refractivity contribution in [3.63, 3.8) is 0 Å². The average molecular weight is 452 g/mol. The van der Waals surface area contributed by atoms with Crippen LogP contribution in [-0.4, -0.2) is 25.4 Å². The number of rotatable bonds is 7. The molecule has 0 saturated heterocycles. The van der Waals surface area contributed by atoms with Gasteiger partial charge in [-0.1, -0.05) is 78.9 Å². The number of fused-ring (bicyclic) bond motifs is 1. The first-order valence-electron chi connectivity index (χ1n) is 11.0. The first kappa shape index (κ1) is 21.5. The van der Waals surface area contributed by atoms with Crippen molar-refractivity contribution in [2.45, 2.75) is 19.3 Å². The molecule has 0 fully saturated rings. The summed E-state index contributed by atoms with van der Waals surface area (Å²) in [6.07, 6.45) is 2.38. The molecular weight excluding hydrogens is 429 g/mol. The van der Waals surface area contributed by atoms with Gasteiger partial charge in [-0.3, -0.25) is 9.20 Å². The number of nitrogens with zero attached hydrogens (tertiary/aromatic N) is 3. The average Bonchev–Trinajstić information content (AvgIpc) is 3.18.